The van der Waals surface area contributed by atoms with Crippen LogP contribution in [0, 0.1) is 0 Å². The number of hydrogen-bond donors (Lipinski definition) is 2. The minimum Gasteiger partial charge on any atom is -0.462 e. The van der Waals surface area contributed by atoms with E-state index in [1.54, 1.807) is 7.05 Å². The van der Waals surface area contributed by atoms with Gasteiger partial charge >= 0.3 is 19.8 Å². The van der Waals surface area contributed by atoms with Crippen molar-refractivity contribution in [1.82, 2.24) is 5.32 Å². The Morgan fingerprint density at radius 1 is 0.500 bits per heavy atom. The van der Waals surface area contributed by atoms with E-state index in [-0.39, 0.29) is 26.1 Å². The van der Waals surface area contributed by atoms with Crippen molar-refractivity contribution in [2.45, 2.75) is 213 Å². The maximum absolute atomic E-state index is 12.6. The summed E-state index contributed by atoms with van der Waals surface area (Å²) in [6, 6.07) is 0. The lowest BCUT2D eigenvalue weighted by Crippen LogP contribution is -2.29. The summed E-state index contributed by atoms with van der Waals surface area (Å²) >= 11 is 0. The van der Waals surface area contributed by atoms with E-state index >= 15 is 0 Å². The van der Waals surface area contributed by atoms with Crippen molar-refractivity contribution in [2.24, 2.45) is 0 Å². The molecule has 0 bridgehead atoms. The number of ether oxygens (including phenoxy) is 2. The predicted molar refractivity (Wildman–Crippen MR) is 261 cm³/mol. The fourth-order valence-corrected chi connectivity index (χ4v) is 7.28. The van der Waals surface area contributed by atoms with E-state index in [0.717, 1.165) is 44.9 Å². The summed E-state index contributed by atoms with van der Waals surface area (Å²) in [6.07, 6.45) is 58.2. The zero-order valence-corrected chi connectivity index (χ0v) is 40.7. The zero-order valence-electron chi connectivity index (χ0n) is 39.8. The molecule has 0 saturated carbocycles. The Bertz CT molecular complexity index is 1240. The van der Waals surface area contributed by atoms with Crippen LogP contribution < -0.4 is 5.32 Å². The van der Waals surface area contributed by atoms with Crippen molar-refractivity contribution in [2.75, 3.05) is 33.4 Å². The first-order valence-corrected chi connectivity index (χ1v) is 26.4. The van der Waals surface area contributed by atoms with E-state index in [9.17, 15) is 19.0 Å². The molecule has 0 aromatic heterocycles. The molecule has 2 unspecified atom stereocenters. The van der Waals surface area contributed by atoms with E-state index in [1.165, 1.54) is 128 Å². The van der Waals surface area contributed by atoms with Gasteiger partial charge in [-0.2, -0.15) is 0 Å². The monoisotopic (exact) mass is 890 g/mol. The Morgan fingerprint density at radius 2 is 0.903 bits per heavy atom. The van der Waals surface area contributed by atoms with Gasteiger partial charge in [-0.25, -0.2) is 4.57 Å². The highest BCUT2D eigenvalue weighted by molar-refractivity contribution is 7.47. The molecule has 0 radical (unpaired) electrons. The predicted octanol–water partition coefficient (Wildman–Crippen LogP) is 14.9. The molecule has 0 saturated heterocycles. The minimum atomic E-state index is -4.38. The van der Waals surface area contributed by atoms with Crippen LogP contribution in [0.15, 0.2) is 72.9 Å². The Hall–Kier alpha value is -2.55. The SMILES string of the molecule is CCCCC/C=C\C/C=C\C/C=C\C/C=C\C/C=C\CCC(=O)OC(COC(=O)CCCCCCCCCCCCC/C=C\CCCCCCCC)COP(=O)(O)OCCNC. The number of hydrogen-bond acceptors (Lipinski definition) is 8. The number of carbonyl (C=O) groups excluding carboxylic acids is 2. The van der Waals surface area contributed by atoms with Crippen molar-refractivity contribution in [1.29, 1.82) is 0 Å². The van der Waals surface area contributed by atoms with Gasteiger partial charge < -0.3 is 19.7 Å². The van der Waals surface area contributed by atoms with Crippen LogP contribution in [0.4, 0.5) is 0 Å². The summed E-state index contributed by atoms with van der Waals surface area (Å²) < 4.78 is 33.2. The van der Waals surface area contributed by atoms with Gasteiger partial charge in [0.1, 0.15) is 6.61 Å². The number of nitrogens with one attached hydrogen (secondary N) is 1. The second kappa shape index (κ2) is 47.9. The van der Waals surface area contributed by atoms with Crippen molar-refractivity contribution in [3.63, 3.8) is 0 Å². The van der Waals surface area contributed by atoms with Gasteiger partial charge in [0, 0.05) is 19.4 Å². The standard InChI is InChI=1S/C52H92NO8P/c1-4-6-8-10-12-14-16-18-20-22-24-25-27-28-30-32-34-36-38-40-42-44-51(54)58-48-50(49-60-62(56,57)59-47-46-53-3)61-52(55)45-43-41-39-37-35-33-31-29-26-23-21-19-17-15-13-11-9-7-5-2/h13,15,18-21,26,29,33,35,39,41,50,53H,4-12,14,16-17,22-25,27-28,30-32,34,36-38,40,42-49H2,1-3H3,(H,56,57)/b15-13-,20-18-,21-19-,29-26-,35-33-,41-39-. The summed E-state index contributed by atoms with van der Waals surface area (Å²) in [5.41, 5.74) is 0. The van der Waals surface area contributed by atoms with Gasteiger partial charge in [0.05, 0.1) is 13.2 Å². The summed E-state index contributed by atoms with van der Waals surface area (Å²) in [6.45, 7) is 4.12. The second-order valence-corrected chi connectivity index (χ2v) is 17.7. The van der Waals surface area contributed by atoms with Crippen LogP contribution in [0.3, 0.4) is 0 Å². The van der Waals surface area contributed by atoms with Gasteiger partial charge in [0.15, 0.2) is 6.10 Å². The maximum atomic E-state index is 12.6. The van der Waals surface area contributed by atoms with E-state index in [4.69, 9.17) is 18.5 Å². The molecule has 0 amide bonds. The highest BCUT2D eigenvalue weighted by Gasteiger charge is 2.26. The third-order valence-electron chi connectivity index (χ3n) is 10.3. The van der Waals surface area contributed by atoms with Gasteiger partial charge in [-0.15, -0.1) is 0 Å². The molecule has 0 aliphatic carbocycles. The van der Waals surface area contributed by atoms with Crippen LogP contribution in [0.5, 0.6) is 0 Å². The maximum Gasteiger partial charge on any atom is 0.472 e. The van der Waals surface area contributed by atoms with Crippen molar-refractivity contribution < 1.29 is 37.6 Å². The molecule has 0 rings (SSSR count). The normalized spacial score (nSPS) is 13.8. The van der Waals surface area contributed by atoms with Crippen molar-refractivity contribution >= 4 is 19.8 Å². The van der Waals surface area contributed by atoms with Crippen LogP contribution in [-0.4, -0.2) is 56.3 Å². The van der Waals surface area contributed by atoms with Gasteiger partial charge in [-0.1, -0.05) is 189 Å². The topological polar surface area (TPSA) is 120 Å². The first-order valence-electron chi connectivity index (χ1n) is 24.9. The van der Waals surface area contributed by atoms with Crippen LogP contribution >= 0.6 is 7.82 Å². The molecule has 0 aromatic rings. The number of phosphoric acid groups is 1. The number of likely N-dealkylation sites (N-methyl/N-ethyl adjacent to an activating group) is 1. The highest BCUT2D eigenvalue weighted by Crippen LogP contribution is 2.43. The molecule has 0 aromatic carbocycles. The third kappa shape index (κ3) is 46.9. The van der Waals surface area contributed by atoms with E-state index < -0.39 is 32.5 Å². The van der Waals surface area contributed by atoms with Gasteiger partial charge in [0.2, 0.25) is 0 Å². The van der Waals surface area contributed by atoms with E-state index in [0.29, 0.717) is 13.0 Å². The lowest BCUT2D eigenvalue weighted by Gasteiger charge is -2.19. The lowest BCUT2D eigenvalue weighted by molar-refractivity contribution is -0.161. The molecule has 2 N–H and O–H groups in total. The second-order valence-electron chi connectivity index (χ2n) is 16.3. The molecule has 62 heavy (non-hydrogen) atoms. The largest absolute Gasteiger partial charge is 0.472 e. The molecule has 10 heteroatoms. The smallest absolute Gasteiger partial charge is 0.462 e. The molecular formula is C52H92NO8P. The van der Waals surface area contributed by atoms with Gasteiger partial charge in [-0.05, 0) is 84.1 Å². The Labute approximate surface area is 380 Å². The first-order chi connectivity index (χ1) is 30.3. The fraction of sp³-hybridized carbons (Fsp3) is 0.731. The molecule has 9 nitrogen and oxygen atoms in total. The number of esters is 2. The van der Waals surface area contributed by atoms with Crippen LogP contribution in [-0.2, 0) is 32.7 Å². The van der Waals surface area contributed by atoms with Gasteiger partial charge in [-0.3, -0.25) is 18.6 Å². The molecule has 0 aliphatic rings. The summed E-state index contributed by atoms with van der Waals surface area (Å²) in [5, 5.41) is 2.82. The number of phosphoric ester groups is 1. The Balaban J connectivity index is 4.24. The molecule has 0 aliphatic heterocycles. The summed E-state index contributed by atoms with van der Waals surface area (Å²) in [4.78, 5) is 35.2. The summed E-state index contributed by atoms with van der Waals surface area (Å²) in [5.74, 6) is -0.903. The number of rotatable bonds is 46. The zero-order chi connectivity index (χ0) is 45.3. The number of allylic oxidation sites excluding steroid dienone is 12. The van der Waals surface area contributed by atoms with Crippen LogP contribution in [0.2, 0.25) is 0 Å². The number of unbranched alkanes of at least 4 members (excludes halogenated alkanes) is 20. The highest BCUT2D eigenvalue weighted by atomic mass is 31.2. The van der Waals surface area contributed by atoms with Gasteiger partial charge in [0.25, 0.3) is 0 Å². The van der Waals surface area contributed by atoms with E-state index in [1.807, 2.05) is 12.2 Å². The Kier molecular flexibility index (Phi) is 45.9. The fourth-order valence-electron chi connectivity index (χ4n) is 6.53. The summed E-state index contributed by atoms with van der Waals surface area (Å²) in [7, 11) is -2.68. The quantitative estimate of drug-likeness (QED) is 0.0266. The molecule has 0 fully saturated rings. The minimum absolute atomic E-state index is 0.0329. The first kappa shape index (κ1) is 59.5. The molecule has 2 atom stereocenters. The number of carbonyl (C=O) groups is 2. The molecule has 0 heterocycles. The van der Waals surface area contributed by atoms with Crippen molar-refractivity contribution in [3.8, 4) is 0 Å². The molecule has 0 spiro atoms. The molecular weight excluding hydrogens is 798 g/mol. The molecule has 358 valence electrons. The van der Waals surface area contributed by atoms with Crippen LogP contribution in [0.25, 0.3) is 0 Å². The lowest BCUT2D eigenvalue weighted by atomic mass is 10.0. The average molecular weight is 890 g/mol. The third-order valence-corrected chi connectivity index (χ3v) is 11.3. The average Bonchev–Trinajstić information content (AvgIpc) is 3.26. The Morgan fingerprint density at radius 3 is 1.40 bits per heavy atom. The van der Waals surface area contributed by atoms with Crippen LogP contribution in [0.1, 0.15) is 206 Å². The van der Waals surface area contributed by atoms with Crippen molar-refractivity contribution in [3.05, 3.63) is 72.9 Å². The van der Waals surface area contributed by atoms with E-state index in [2.05, 4.69) is 79.9 Å².